The molecule has 0 fully saturated rings. The van der Waals surface area contributed by atoms with Crippen LogP contribution in [0.25, 0.3) is 0 Å². The number of furan rings is 1. The molecule has 2 rings (SSSR count). The van der Waals surface area contributed by atoms with Gasteiger partial charge in [0, 0.05) is 14.1 Å². The highest BCUT2D eigenvalue weighted by atomic mass is 35.5. The number of ether oxygens (including phenoxy) is 2. The molecule has 1 heterocycles. The zero-order chi connectivity index (χ0) is 19.5. The number of carbonyl (C=O) groups is 2. The van der Waals surface area contributed by atoms with Crippen molar-refractivity contribution < 1.29 is 31.9 Å². The van der Waals surface area contributed by atoms with Crippen LogP contribution in [-0.4, -0.2) is 45.9 Å². The Hall–Kier alpha value is -2.36. The minimum absolute atomic E-state index is 0.0281. The van der Waals surface area contributed by atoms with E-state index >= 15 is 0 Å². The number of esters is 2. The standard InChI is InChI=1S/C16H16ClNO7S/c1-18(2)26(21,22)10-4-5-13(17)12(8-10)16(20)25-9-14-11(6-7-24-14)15(19)23-3/h4-8H,9H2,1-3H3. The second kappa shape index (κ2) is 7.90. The molecular weight excluding hydrogens is 386 g/mol. The number of rotatable bonds is 6. The Morgan fingerprint density at radius 2 is 1.85 bits per heavy atom. The fourth-order valence-corrected chi connectivity index (χ4v) is 3.11. The minimum Gasteiger partial charge on any atom is -0.465 e. The Balaban J connectivity index is 2.23. The van der Waals surface area contributed by atoms with Crippen LogP contribution in [0.4, 0.5) is 0 Å². The fraction of sp³-hybridized carbons (Fsp3) is 0.250. The Morgan fingerprint density at radius 1 is 1.15 bits per heavy atom. The van der Waals surface area contributed by atoms with Gasteiger partial charge in [-0.2, -0.15) is 0 Å². The lowest BCUT2D eigenvalue weighted by Crippen LogP contribution is -2.22. The fourth-order valence-electron chi connectivity index (χ4n) is 1.99. The molecule has 0 bridgehead atoms. The molecule has 2 aromatic rings. The van der Waals surface area contributed by atoms with Gasteiger partial charge in [0.05, 0.1) is 28.9 Å². The van der Waals surface area contributed by atoms with Crippen LogP contribution in [0.2, 0.25) is 5.02 Å². The van der Waals surface area contributed by atoms with Gasteiger partial charge in [-0.15, -0.1) is 0 Å². The van der Waals surface area contributed by atoms with Gasteiger partial charge < -0.3 is 13.9 Å². The van der Waals surface area contributed by atoms with Gasteiger partial charge in [0.1, 0.15) is 5.56 Å². The molecule has 0 radical (unpaired) electrons. The van der Waals surface area contributed by atoms with Crippen LogP contribution in [-0.2, 0) is 26.1 Å². The molecule has 0 aliphatic carbocycles. The van der Waals surface area contributed by atoms with Crippen LogP contribution < -0.4 is 0 Å². The number of carbonyl (C=O) groups excluding carboxylic acids is 2. The van der Waals surface area contributed by atoms with E-state index < -0.39 is 22.0 Å². The lowest BCUT2D eigenvalue weighted by Gasteiger charge is -2.13. The number of nitrogens with zero attached hydrogens (tertiary/aromatic N) is 1. The summed E-state index contributed by atoms with van der Waals surface area (Å²) in [5.74, 6) is -1.40. The number of methoxy groups -OCH3 is 1. The van der Waals surface area contributed by atoms with Gasteiger partial charge in [0.2, 0.25) is 10.0 Å². The van der Waals surface area contributed by atoms with Gasteiger partial charge >= 0.3 is 11.9 Å². The summed E-state index contributed by atoms with van der Waals surface area (Å²) >= 11 is 5.98. The van der Waals surface area contributed by atoms with Crippen molar-refractivity contribution in [2.45, 2.75) is 11.5 Å². The highest BCUT2D eigenvalue weighted by molar-refractivity contribution is 7.89. The SMILES string of the molecule is COC(=O)c1ccoc1COC(=O)c1cc(S(=O)(=O)N(C)C)ccc1Cl. The zero-order valence-corrected chi connectivity index (χ0v) is 15.8. The van der Waals surface area contributed by atoms with Gasteiger partial charge in [-0.25, -0.2) is 22.3 Å². The molecule has 26 heavy (non-hydrogen) atoms. The summed E-state index contributed by atoms with van der Waals surface area (Å²) in [7, 11) is 0.204. The zero-order valence-electron chi connectivity index (χ0n) is 14.2. The summed E-state index contributed by atoms with van der Waals surface area (Å²) in [6.07, 6.45) is 1.26. The predicted molar refractivity (Wildman–Crippen MR) is 91.5 cm³/mol. The monoisotopic (exact) mass is 401 g/mol. The maximum Gasteiger partial charge on any atom is 0.341 e. The first-order valence-corrected chi connectivity index (χ1v) is 9.04. The van der Waals surface area contributed by atoms with Crippen molar-refractivity contribution in [1.82, 2.24) is 4.31 Å². The van der Waals surface area contributed by atoms with Crippen LogP contribution in [0.3, 0.4) is 0 Å². The van der Waals surface area contributed by atoms with E-state index in [4.69, 9.17) is 20.8 Å². The third-order valence-electron chi connectivity index (χ3n) is 3.42. The van der Waals surface area contributed by atoms with Crippen molar-refractivity contribution in [2.24, 2.45) is 0 Å². The van der Waals surface area contributed by atoms with Crippen molar-refractivity contribution in [1.29, 1.82) is 0 Å². The number of hydrogen-bond acceptors (Lipinski definition) is 7. The van der Waals surface area contributed by atoms with E-state index in [1.807, 2.05) is 0 Å². The van der Waals surface area contributed by atoms with E-state index in [0.29, 0.717) is 0 Å². The van der Waals surface area contributed by atoms with E-state index in [2.05, 4.69) is 4.74 Å². The van der Waals surface area contributed by atoms with E-state index in [9.17, 15) is 18.0 Å². The molecule has 1 aromatic heterocycles. The predicted octanol–water partition coefficient (Wildman–Crippen LogP) is 2.33. The quantitative estimate of drug-likeness (QED) is 0.684. The van der Waals surface area contributed by atoms with Crippen LogP contribution in [0.5, 0.6) is 0 Å². The Morgan fingerprint density at radius 3 is 2.46 bits per heavy atom. The average molecular weight is 402 g/mol. The molecule has 0 amide bonds. The summed E-state index contributed by atoms with van der Waals surface area (Å²) < 4.78 is 40.1. The van der Waals surface area contributed by atoms with Gasteiger partial charge in [0.25, 0.3) is 0 Å². The lowest BCUT2D eigenvalue weighted by atomic mass is 10.2. The van der Waals surface area contributed by atoms with Crippen molar-refractivity contribution in [3.8, 4) is 0 Å². The number of hydrogen-bond donors (Lipinski definition) is 0. The molecule has 10 heteroatoms. The first-order valence-electron chi connectivity index (χ1n) is 7.22. The Labute approximate surface area is 155 Å². The van der Waals surface area contributed by atoms with Crippen molar-refractivity contribution in [2.75, 3.05) is 21.2 Å². The van der Waals surface area contributed by atoms with Gasteiger partial charge in [0.15, 0.2) is 12.4 Å². The second-order valence-electron chi connectivity index (χ2n) is 5.25. The van der Waals surface area contributed by atoms with Crippen LogP contribution in [0.15, 0.2) is 39.8 Å². The van der Waals surface area contributed by atoms with Gasteiger partial charge in [-0.3, -0.25) is 0 Å². The number of halogens is 1. The molecule has 8 nitrogen and oxygen atoms in total. The molecule has 0 saturated carbocycles. The highest BCUT2D eigenvalue weighted by Gasteiger charge is 2.22. The highest BCUT2D eigenvalue weighted by Crippen LogP contribution is 2.23. The first-order chi connectivity index (χ1) is 12.2. The molecule has 0 spiro atoms. The molecule has 0 N–H and O–H groups in total. The third kappa shape index (κ3) is 4.06. The topological polar surface area (TPSA) is 103 Å². The molecule has 1 aromatic carbocycles. The second-order valence-corrected chi connectivity index (χ2v) is 7.81. The van der Waals surface area contributed by atoms with E-state index in [1.165, 1.54) is 45.7 Å². The molecule has 0 aliphatic heterocycles. The van der Waals surface area contributed by atoms with Crippen molar-refractivity contribution in [3.63, 3.8) is 0 Å². The molecule has 0 aliphatic rings. The maximum atomic E-state index is 12.3. The lowest BCUT2D eigenvalue weighted by molar-refractivity contribution is 0.0432. The van der Waals surface area contributed by atoms with E-state index in [-0.39, 0.29) is 33.4 Å². The molecular formula is C16H16ClNO7S. The minimum atomic E-state index is -3.74. The van der Waals surface area contributed by atoms with E-state index in [0.717, 1.165) is 10.4 Å². The molecule has 0 atom stereocenters. The van der Waals surface area contributed by atoms with Crippen LogP contribution in [0, 0.1) is 0 Å². The first kappa shape index (κ1) is 20.0. The van der Waals surface area contributed by atoms with Crippen molar-refractivity contribution >= 4 is 33.6 Å². The normalized spacial score (nSPS) is 11.4. The number of sulfonamides is 1. The van der Waals surface area contributed by atoms with Crippen LogP contribution in [0.1, 0.15) is 26.5 Å². The maximum absolute atomic E-state index is 12.3. The summed E-state index contributed by atoms with van der Waals surface area (Å²) in [6.45, 7) is -0.350. The largest absolute Gasteiger partial charge is 0.465 e. The summed E-state index contributed by atoms with van der Waals surface area (Å²) in [6, 6.07) is 5.09. The number of benzene rings is 1. The summed E-state index contributed by atoms with van der Waals surface area (Å²) in [4.78, 5) is 23.8. The van der Waals surface area contributed by atoms with Crippen LogP contribution >= 0.6 is 11.6 Å². The summed E-state index contributed by atoms with van der Waals surface area (Å²) in [5, 5.41) is 0.0281. The Bertz CT molecular complexity index is 934. The smallest absolute Gasteiger partial charge is 0.341 e. The summed E-state index contributed by atoms with van der Waals surface area (Å²) in [5.41, 5.74) is -0.00361. The van der Waals surface area contributed by atoms with Gasteiger partial charge in [-0.05, 0) is 24.3 Å². The molecule has 140 valence electrons. The molecule has 0 unspecified atom stereocenters. The van der Waals surface area contributed by atoms with E-state index in [1.54, 1.807) is 0 Å². The third-order valence-corrected chi connectivity index (χ3v) is 5.56. The van der Waals surface area contributed by atoms with Gasteiger partial charge in [-0.1, -0.05) is 11.6 Å². The Kier molecular flexibility index (Phi) is 6.06. The van der Waals surface area contributed by atoms with Crippen molar-refractivity contribution in [3.05, 3.63) is 52.4 Å². The average Bonchev–Trinajstić information content (AvgIpc) is 3.07. The molecule has 0 saturated heterocycles.